The van der Waals surface area contributed by atoms with Gasteiger partial charge < -0.3 is 4.74 Å². The molecule has 0 aliphatic heterocycles. The van der Waals surface area contributed by atoms with Crippen molar-refractivity contribution in [3.05, 3.63) is 48.0 Å². The summed E-state index contributed by atoms with van der Waals surface area (Å²) in [5.74, 6) is -0.311. The summed E-state index contributed by atoms with van der Waals surface area (Å²) in [6, 6.07) is 9.66. The Morgan fingerprint density at radius 1 is 1.40 bits per heavy atom. The molecule has 0 radical (unpaired) electrons. The summed E-state index contributed by atoms with van der Waals surface area (Å²) in [5, 5.41) is 0. The second-order valence-electron chi connectivity index (χ2n) is 3.42. The van der Waals surface area contributed by atoms with E-state index in [9.17, 15) is 4.79 Å². The standard InChI is InChI=1S/C13H16O2/c1-4-10(2)13(14)15-11(3)12-8-6-5-7-9-12/h5-9,11H,2,4H2,1,3H3. The van der Waals surface area contributed by atoms with Crippen LogP contribution in [-0.2, 0) is 9.53 Å². The minimum Gasteiger partial charge on any atom is -0.454 e. The zero-order chi connectivity index (χ0) is 11.3. The van der Waals surface area contributed by atoms with Crippen LogP contribution in [0.25, 0.3) is 0 Å². The van der Waals surface area contributed by atoms with E-state index in [-0.39, 0.29) is 12.1 Å². The molecule has 15 heavy (non-hydrogen) atoms. The van der Waals surface area contributed by atoms with Crippen LogP contribution in [0.1, 0.15) is 31.9 Å². The van der Waals surface area contributed by atoms with Gasteiger partial charge in [0.2, 0.25) is 0 Å². The maximum Gasteiger partial charge on any atom is 0.333 e. The van der Waals surface area contributed by atoms with Gasteiger partial charge in [0.25, 0.3) is 0 Å². The summed E-state index contributed by atoms with van der Waals surface area (Å²) < 4.78 is 5.25. The van der Waals surface area contributed by atoms with Crippen molar-refractivity contribution in [2.75, 3.05) is 0 Å². The molecule has 1 atom stereocenters. The first-order chi connectivity index (χ1) is 7.15. The van der Waals surface area contributed by atoms with Crippen LogP contribution in [0.5, 0.6) is 0 Å². The van der Waals surface area contributed by atoms with Gasteiger partial charge in [-0.1, -0.05) is 43.8 Å². The lowest BCUT2D eigenvalue weighted by atomic mass is 10.1. The second-order valence-corrected chi connectivity index (χ2v) is 3.42. The van der Waals surface area contributed by atoms with E-state index >= 15 is 0 Å². The van der Waals surface area contributed by atoms with Crippen LogP contribution in [0.15, 0.2) is 42.5 Å². The molecule has 0 N–H and O–H groups in total. The van der Waals surface area contributed by atoms with Crippen molar-refractivity contribution in [1.29, 1.82) is 0 Å². The Morgan fingerprint density at radius 2 is 2.00 bits per heavy atom. The van der Waals surface area contributed by atoms with Crippen LogP contribution in [0.3, 0.4) is 0 Å². The first kappa shape index (κ1) is 11.5. The van der Waals surface area contributed by atoms with Crippen molar-refractivity contribution in [3.8, 4) is 0 Å². The lowest BCUT2D eigenvalue weighted by Crippen LogP contribution is -2.10. The topological polar surface area (TPSA) is 26.3 Å². The largest absolute Gasteiger partial charge is 0.454 e. The van der Waals surface area contributed by atoms with Crippen molar-refractivity contribution in [1.82, 2.24) is 0 Å². The van der Waals surface area contributed by atoms with Crippen molar-refractivity contribution < 1.29 is 9.53 Å². The Bertz CT molecular complexity index is 341. The highest BCUT2D eigenvalue weighted by molar-refractivity contribution is 5.87. The number of esters is 1. The highest BCUT2D eigenvalue weighted by Gasteiger charge is 2.12. The molecule has 80 valence electrons. The predicted octanol–water partition coefficient (Wildman–Crippen LogP) is 3.26. The maximum absolute atomic E-state index is 11.4. The number of ether oxygens (including phenoxy) is 1. The average molecular weight is 204 g/mol. The quantitative estimate of drug-likeness (QED) is 0.556. The van der Waals surface area contributed by atoms with Gasteiger partial charge in [-0.3, -0.25) is 0 Å². The van der Waals surface area contributed by atoms with Crippen LogP contribution in [0.2, 0.25) is 0 Å². The van der Waals surface area contributed by atoms with Gasteiger partial charge >= 0.3 is 5.97 Å². The van der Waals surface area contributed by atoms with E-state index in [1.165, 1.54) is 0 Å². The first-order valence-electron chi connectivity index (χ1n) is 5.08. The van der Waals surface area contributed by atoms with Gasteiger partial charge in [0.05, 0.1) is 0 Å². The monoisotopic (exact) mass is 204 g/mol. The molecule has 1 unspecified atom stereocenters. The van der Waals surface area contributed by atoms with E-state index in [0.717, 1.165) is 5.56 Å². The summed E-state index contributed by atoms with van der Waals surface area (Å²) in [7, 11) is 0. The van der Waals surface area contributed by atoms with Crippen LogP contribution >= 0.6 is 0 Å². The van der Waals surface area contributed by atoms with Gasteiger partial charge in [-0.2, -0.15) is 0 Å². The lowest BCUT2D eigenvalue weighted by molar-refractivity contribution is -0.143. The van der Waals surface area contributed by atoms with Crippen LogP contribution in [0.4, 0.5) is 0 Å². The zero-order valence-corrected chi connectivity index (χ0v) is 9.19. The van der Waals surface area contributed by atoms with Crippen LogP contribution in [-0.4, -0.2) is 5.97 Å². The number of rotatable bonds is 4. The molecule has 0 spiro atoms. The number of hydrogen-bond donors (Lipinski definition) is 0. The second kappa shape index (κ2) is 5.35. The fourth-order valence-electron chi connectivity index (χ4n) is 1.18. The average Bonchev–Trinajstić information content (AvgIpc) is 2.29. The fourth-order valence-corrected chi connectivity index (χ4v) is 1.18. The molecule has 1 aromatic carbocycles. The van der Waals surface area contributed by atoms with Gasteiger partial charge in [-0.15, -0.1) is 0 Å². The first-order valence-corrected chi connectivity index (χ1v) is 5.08. The number of carbonyl (C=O) groups is 1. The van der Waals surface area contributed by atoms with E-state index in [2.05, 4.69) is 6.58 Å². The third-order valence-corrected chi connectivity index (χ3v) is 2.27. The Hall–Kier alpha value is -1.57. The van der Waals surface area contributed by atoms with E-state index in [4.69, 9.17) is 4.74 Å². The SMILES string of the molecule is C=C(CC)C(=O)OC(C)c1ccccc1. The minimum atomic E-state index is -0.311. The van der Waals surface area contributed by atoms with Crippen LogP contribution < -0.4 is 0 Å². The molecular weight excluding hydrogens is 188 g/mol. The molecule has 0 bridgehead atoms. The van der Waals surface area contributed by atoms with Crippen LogP contribution in [0, 0.1) is 0 Å². The summed E-state index contributed by atoms with van der Waals surface area (Å²) >= 11 is 0. The van der Waals surface area contributed by atoms with Gasteiger partial charge in [0.15, 0.2) is 0 Å². The van der Waals surface area contributed by atoms with Crippen molar-refractivity contribution in [2.24, 2.45) is 0 Å². The van der Waals surface area contributed by atoms with E-state index in [1.54, 1.807) is 0 Å². The molecule has 1 aromatic rings. The molecule has 0 aliphatic rings. The van der Waals surface area contributed by atoms with E-state index < -0.39 is 0 Å². The van der Waals surface area contributed by atoms with Gasteiger partial charge in [0.1, 0.15) is 6.10 Å². The molecule has 2 nitrogen and oxygen atoms in total. The molecule has 0 heterocycles. The number of carbonyl (C=O) groups excluding carboxylic acids is 1. The highest BCUT2D eigenvalue weighted by atomic mass is 16.5. The summed E-state index contributed by atoms with van der Waals surface area (Å²) in [5.41, 5.74) is 1.51. The molecule has 0 fully saturated rings. The van der Waals surface area contributed by atoms with E-state index in [1.807, 2.05) is 44.2 Å². The summed E-state index contributed by atoms with van der Waals surface area (Å²) in [6.45, 7) is 7.39. The van der Waals surface area contributed by atoms with Gasteiger partial charge in [-0.05, 0) is 18.9 Å². The van der Waals surface area contributed by atoms with Crippen molar-refractivity contribution in [3.63, 3.8) is 0 Å². The highest BCUT2D eigenvalue weighted by Crippen LogP contribution is 2.17. The molecule has 0 saturated heterocycles. The summed E-state index contributed by atoms with van der Waals surface area (Å²) in [4.78, 5) is 11.4. The molecule has 0 amide bonds. The molecule has 1 rings (SSSR count). The molecule has 0 aliphatic carbocycles. The molecule has 0 aromatic heterocycles. The number of benzene rings is 1. The fraction of sp³-hybridized carbons (Fsp3) is 0.308. The van der Waals surface area contributed by atoms with Gasteiger partial charge in [-0.25, -0.2) is 4.79 Å². The molecule has 2 heteroatoms. The number of hydrogen-bond acceptors (Lipinski definition) is 2. The van der Waals surface area contributed by atoms with Gasteiger partial charge in [0, 0.05) is 5.57 Å². The maximum atomic E-state index is 11.4. The molecular formula is C13H16O2. The normalized spacial score (nSPS) is 11.9. The van der Waals surface area contributed by atoms with Crippen molar-refractivity contribution >= 4 is 5.97 Å². The Labute approximate surface area is 90.6 Å². The Balaban J connectivity index is 2.60. The third kappa shape index (κ3) is 3.24. The minimum absolute atomic E-state index is 0.220. The predicted molar refractivity (Wildman–Crippen MR) is 60.4 cm³/mol. The molecule has 0 saturated carbocycles. The Morgan fingerprint density at radius 3 is 2.53 bits per heavy atom. The smallest absolute Gasteiger partial charge is 0.333 e. The van der Waals surface area contributed by atoms with Crippen molar-refractivity contribution in [2.45, 2.75) is 26.4 Å². The lowest BCUT2D eigenvalue weighted by Gasteiger charge is -2.13. The third-order valence-electron chi connectivity index (χ3n) is 2.27. The zero-order valence-electron chi connectivity index (χ0n) is 9.19. The van der Waals surface area contributed by atoms with E-state index in [0.29, 0.717) is 12.0 Å². The summed E-state index contributed by atoms with van der Waals surface area (Å²) in [6.07, 6.45) is 0.405. The Kier molecular flexibility index (Phi) is 4.10.